The van der Waals surface area contributed by atoms with E-state index in [1.165, 1.54) is 98.7 Å². The van der Waals surface area contributed by atoms with Gasteiger partial charge in [0.2, 0.25) is 0 Å². The Labute approximate surface area is 385 Å². The Morgan fingerprint density at radius 3 is 1.21 bits per heavy atom. The molecule has 0 saturated carbocycles. The lowest BCUT2D eigenvalue weighted by atomic mass is 9.68. The van der Waals surface area contributed by atoms with Crippen molar-refractivity contribution in [3.05, 3.63) is 283 Å². The monoisotopic (exact) mass is 837 g/mol. The number of nitrogens with zero attached hydrogens (tertiary/aromatic N) is 1. The van der Waals surface area contributed by atoms with E-state index in [0.29, 0.717) is 0 Å². The Bertz CT molecular complexity index is 3630. The molecule has 0 atom stereocenters. The lowest BCUT2D eigenvalue weighted by Crippen LogP contribution is -2.28. The van der Waals surface area contributed by atoms with Crippen LogP contribution in [0.3, 0.4) is 0 Å². The van der Waals surface area contributed by atoms with Gasteiger partial charge in [0.25, 0.3) is 0 Å². The van der Waals surface area contributed by atoms with Crippen LogP contribution in [0.25, 0.3) is 76.5 Å². The molecular formula is C65H43N. The molecule has 0 fully saturated rings. The van der Waals surface area contributed by atoms with Gasteiger partial charge in [0.05, 0.1) is 5.41 Å². The molecule has 1 aliphatic rings. The highest BCUT2D eigenvalue weighted by Crippen LogP contribution is 2.57. The van der Waals surface area contributed by atoms with E-state index in [2.05, 4.69) is 266 Å². The van der Waals surface area contributed by atoms with Crippen LogP contribution in [-0.2, 0) is 5.41 Å². The van der Waals surface area contributed by atoms with Crippen LogP contribution >= 0.6 is 0 Å². The highest BCUT2D eigenvalue weighted by Gasteiger charge is 2.46. The molecule has 66 heavy (non-hydrogen) atoms. The van der Waals surface area contributed by atoms with Crippen LogP contribution in [0.5, 0.6) is 0 Å². The maximum absolute atomic E-state index is 2.47. The number of hydrogen-bond acceptors (Lipinski definition) is 1. The first-order chi connectivity index (χ1) is 32.7. The Balaban J connectivity index is 1.05. The van der Waals surface area contributed by atoms with Gasteiger partial charge in [-0.2, -0.15) is 0 Å². The van der Waals surface area contributed by atoms with Crippen molar-refractivity contribution < 1.29 is 0 Å². The number of rotatable bonds is 7. The van der Waals surface area contributed by atoms with Gasteiger partial charge in [0.1, 0.15) is 0 Å². The maximum Gasteiger partial charge on any atom is 0.0713 e. The molecule has 0 aromatic heterocycles. The van der Waals surface area contributed by atoms with Gasteiger partial charge in [-0.15, -0.1) is 0 Å². The molecule has 0 radical (unpaired) electrons. The van der Waals surface area contributed by atoms with Crippen LogP contribution in [0.15, 0.2) is 261 Å². The van der Waals surface area contributed by atoms with E-state index in [9.17, 15) is 0 Å². The van der Waals surface area contributed by atoms with Crippen LogP contribution < -0.4 is 4.90 Å². The smallest absolute Gasteiger partial charge is 0.0713 e. The van der Waals surface area contributed by atoms with Crippen molar-refractivity contribution in [2.75, 3.05) is 4.90 Å². The minimum atomic E-state index is -0.480. The molecule has 1 aliphatic carbocycles. The fraction of sp³-hybridized carbons (Fsp3) is 0.0154. The second-order valence-electron chi connectivity index (χ2n) is 17.6. The average molecular weight is 838 g/mol. The summed E-state index contributed by atoms with van der Waals surface area (Å²) in [6.45, 7) is 0. The summed E-state index contributed by atoms with van der Waals surface area (Å²) in [5, 5.41) is 10.0. The van der Waals surface area contributed by atoms with Crippen molar-refractivity contribution >= 4 is 60.2 Å². The summed E-state index contributed by atoms with van der Waals surface area (Å²) in [7, 11) is 0. The van der Waals surface area contributed by atoms with Gasteiger partial charge in [-0.3, -0.25) is 0 Å². The molecule has 1 nitrogen and oxygen atoms in total. The number of anilines is 3. The summed E-state index contributed by atoms with van der Waals surface area (Å²) < 4.78 is 0. The molecule has 0 amide bonds. The van der Waals surface area contributed by atoms with Crippen LogP contribution in [0.4, 0.5) is 17.1 Å². The Morgan fingerprint density at radius 2 is 0.667 bits per heavy atom. The highest BCUT2D eigenvalue weighted by molar-refractivity contribution is 6.15. The van der Waals surface area contributed by atoms with E-state index >= 15 is 0 Å². The molecule has 0 bridgehead atoms. The Kier molecular flexibility index (Phi) is 8.82. The summed E-state index contributed by atoms with van der Waals surface area (Å²) in [5.74, 6) is 0. The number of benzene rings is 12. The first-order valence-corrected chi connectivity index (χ1v) is 22.9. The Morgan fingerprint density at radius 1 is 0.242 bits per heavy atom. The predicted molar refractivity (Wildman–Crippen MR) is 279 cm³/mol. The van der Waals surface area contributed by atoms with Crippen molar-refractivity contribution in [3.63, 3.8) is 0 Å². The largest absolute Gasteiger partial charge is 0.310 e. The molecule has 1 heteroatoms. The molecule has 13 rings (SSSR count). The molecule has 12 aromatic carbocycles. The third kappa shape index (κ3) is 5.87. The predicted octanol–water partition coefficient (Wildman–Crippen LogP) is 17.5. The lowest BCUT2D eigenvalue weighted by molar-refractivity contribution is 0.768. The first kappa shape index (κ1) is 38.0. The van der Waals surface area contributed by atoms with Crippen LogP contribution in [0, 0.1) is 0 Å². The summed E-state index contributed by atoms with van der Waals surface area (Å²) in [5.41, 5.74) is 15.2. The molecule has 0 unspecified atom stereocenters. The fourth-order valence-corrected chi connectivity index (χ4v) is 11.2. The quantitative estimate of drug-likeness (QED) is 0.145. The van der Waals surface area contributed by atoms with E-state index in [4.69, 9.17) is 0 Å². The third-order valence-corrected chi connectivity index (χ3v) is 14.1. The van der Waals surface area contributed by atoms with Gasteiger partial charge >= 0.3 is 0 Å². The van der Waals surface area contributed by atoms with E-state index in [1.54, 1.807) is 0 Å². The zero-order valence-corrected chi connectivity index (χ0v) is 36.3. The molecule has 12 aromatic rings. The van der Waals surface area contributed by atoms with E-state index in [1.807, 2.05) is 0 Å². The van der Waals surface area contributed by atoms with E-state index in [-0.39, 0.29) is 0 Å². The topological polar surface area (TPSA) is 3.24 Å². The summed E-state index contributed by atoms with van der Waals surface area (Å²) >= 11 is 0. The van der Waals surface area contributed by atoms with Crippen LogP contribution in [-0.4, -0.2) is 0 Å². The molecular weight excluding hydrogens is 795 g/mol. The normalized spacial score (nSPS) is 12.7. The van der Waals surface area contributed by atoms with Gasteiger partial charge < -0.3 is 4.90 Å². The van der Waals surface area contributed by atoms with Gasteiger partial charge in [-0.25, -0.2) is 0 Å². The minimum Gasteiger partial charge on any atom is -0.310 e. The number of fused-ring (bicyclic) bond motifs is 9. The second kappa shape index (κ2) is 15.3. The molecule has 0 N–H and O–H groups in total. The van der Waals surface area contributed by atoms with Crippen molar-refractivity contribution in [3.8, 4) is 33.4 Å². The maximum atomic E-state index is 2.47. The summed E-state index contributed by atoms with van der Waals surface area (Å²) in [4.78, 5) is 2.47. The molecule has 0 spiro atoms. The summed E-state index contributed by atoms with van der Waals surface area (Å²) in [6, 6.07) is 96.5. The second-order valence-corrected chi connectivity index (χ2v) is 17.6. The first-order valence-electron chi connectivity index (χ1n) is 22.9. The van der Waals surface area contributed by atoms with E-state index < -0.39 is 5.41 Å². The average Bonchev–Trinajstić information content (AvgIpc) is 3.69. The van der Waals surface area contributed by atoms with Gasteiger partial charge in [0.15, 0.2) is 0 Å². The Hall–Kier alpha value is -8.52. The molecule has 0 heterocycles. The van der Waals surface area contributed by atoms with Crippen molar-refractivity contribution in [2.45, 2.75) is 5.41 Å². The SMILES string of the molecule is c1ccc(C2(c3ccccc3)c3ccccc3-c3cc(N(c4cccc(-c5cc6ccccc6c6ccccc56)c4)c4cccc(-c5cc6ccccc6c6ccccc56)c4)ccc32)cc1. The molecule has 0 saturated heterocycles. The summed E-state index contributed by atoms with van der Waals surface area (Å²) in [6.07, 6.45) is 0. The van der Waals surface area contributed by atoms with Crippen molar-refractivity contribution in [2.24, 2.45) is 0 Å². The molecule has 0 aliphatic heterocycles. The fourth-order valence-electron chi connectivity index (χ4n) is 11.2. The van der Waals surface area contributed by atoms with Gasteiger partial charge in [-0.05, 0) is 147 Å². The highest BCUT2D eigenvalue weighted by atomic mass is 15.1. The number of hydrogen-bond donors (Lipinski definition) is 0. The van der Waals surface area contributed by atoms with Crippen LogP contribution in [0.1, 0.15) is 22.3 Å². The lowest BCUT2D eigenvalue weighted by Gasteiger charge is -2.34. The van der Waals surface area contributed by atoms with Crippen molar-refractivity contribution in [1.82, 2.24) is 0 Å². The third-order valence-electron chi connectivity index (χ3n) is 14.1. The van der Waals surface area contributed by atoms with Gasteiger partial charge in [0, 0.05) is 17.1 Å². The molecule has 308 valence electrons. The van der Waals surface area contributed by atoms with Crippen LogP contribution in [0.2, 0.25) is 0 Å². The standard InChI is InChI=1S/C65H43N/c1-3-23-48(24-4-1)65(49-25-5-2-6-26-49)63-36-16-15-35-59(63)62-43-52(37-38-64(62)65)66(50-27-17-21-44(39-50)60-41-46-19-7-9-29-53(46)55-31-11-13-33-57(55)60)51-28-18-22-45(40-51)61-42-47-20-8-10-30-54(47)56-32-12-14-34-58(56)61/h1-43H. The minimum absolute atomic E-state index is 0.480. The zero-order chi connectivity index (χ0) is 43.6. The van der Waals surface area contributed by atoms with Gasteiger partial charge in [-0.1, -0.05) is 212 Å². The zero-order valence-electron chi connectivity index (χ0n) is 36.3. The van der Waals surface area contributed by atoms with Crippen molar-refractivity contribution in [1.29, 1.82) is 0 Å². The van der Waals surface area contributed by atoms with E-state index in [0.717, 1.165) is 17.1 Å².